The molecule has 1 aliphatic heterocycles. The molecule has 0 saturated carbocycles. The molecule has 2 heterocycles. The quantitative estimate of drug-likeness (QED) is 0.802. The predicted molar refractivity (Wildman–Crippen MR) is 81.7 cm³/mol. The van der Waals surface area contributed by atoms with Crippen LogP contribution in [0.3, 0.4) is 0 Å². The highest BCUT2D eigenvalue weighted by Gasteiger charge is 2.18. The maximum absolute atomic E-state index is 8.74. The van der Waals surface area contributed by atoms with Crippen molar-refractivity contribution in [3.63, 3.8) is 0 Å². The van der Waals surface area contributed by atoms with E-state index in [-0.39, 0.29) is 0 Å². The standard InChI is InChI=1S/C16H17N5/c17-7-9-20-10-12-21(13-11-20)15-6-8-18-16(19-15)14-4-2-1-3-5-14/h1-6,8H,9-13H2. The van der Waals surface area contributed by atoms with Crippen LogP contribution in [0.5, 0.6) is 0 Å². The van der Waals surface area contributed by atoms with Gasteiger partial charge in [-0.3, -0.25) is 4.90 Å². The number of piperazine rings is 1. The third-order valence-electron chi connectivity index (χ3n) is 3.66. The van der Waals surface area contributed by atoms with Gasteiger partial charge in [0.25, 0.3) is 0 Å². The first-order valence-corrected chi connectivity index (χ1v) is 7.09. The van der Waals surface area contributed by atoms with Gasteiger partial charge in [0.15, 0.2) is 5.82 Å². The van der Waals surface area contributed by atoms with E-state index in [1.165, 1.54) is 0 Å². The largest absolute Gasteiger partial charge is 0.354 e. The topological polar surface area (TPSA) is 56.1 Å². The van der Waals surface area contributed by atoms with Gasteiger partial charge in [-0.15, -0.1) is 0 Å². The van der Waals surface area contributed by atoms with Crippen LogP contribution in [0.25, 0.3) is 11.4 Å². The maximum Gasteiger partial charge on any atom is 0.161 e. The molecule has 1 fully saturated rings. The second-order valence-corrected chi connectivity index (χ2v) is 5.03. The van der Waals surface area contributed by atoms with Crippen LogP contribution in [0.4, 0.5) is 5.82 Å². The Morgan fingerprint density at radius 2 is 1.81 bits per heavy atom. The van der Waals surface area contributed by atoms with Crippen molar-refractivity contribution in [2.24, 2.45) is 0 Å². The Bertz CT molecular complexity index is 627. The molecule has 21 heavy (non-hydrogen) atoms. The molecule has 1 aromatic carbocycles. The van der Waals surface area contributed by atoms with Gasteiger partial charge in [-0.2, -0.15) is 5.26 Å². The number of aromatic nitrogens is 2. The number of nitriles is 1. The summed E-state index contributed by atoms with van der Waals surface area (Å²) >= 11 is 0. The van der Waals surface area contributed by atoms with Crippen molar-refractivity contribution in [3.05, 3.63) is 42.6 Å². The monoisotopic (exact) mass is 279 g/mol. The Kier molecular flexibility index (Phi) is 4.08. The van der Waals surface area contributed by atoms with E-state index in [4.69, 9.17) is 5.26 Å². The lowest BCUT2D eigenvalue weighted by atomic mass is 10.2. The van der Waals surface area contributed by atoms with Crippen molar-refractivity contribution < 1.29 is 0 Å². The van der Waals surface area contributed by atoms with Crippen LogP contribution in [0.1, 0.15) is 0 Å². The summed E-state index contributed by atoms with van der Waals surface area (Å²) < 4.78 is 0. The number of nitrogens with zero attached hydrogens (tertiary/aromatic N) is 5. The number of hydrogen-bond acceptors (Lipinski definition) is 5. The summed E-state index contributed by atoms with van der Waals surface area (Å²) in [4.78, 5) is 13.4. The molecule has 0 atom stereocenters. The Balaban J connectivity index is 1.74. The zero-order chi connectivity index (χ0) is 14.5. The molecular weight excluding hydrogens is 262 g/mol. The van der Waals surface area contributed by atoms with E-state index in [1.807, 2.05) is 42.6 Å². The van der Waals surface area contributed by atoms with Crippen LogP contribution in [-0.2, 0) is 0 Å². The summed E-state index contributed by atoms with van der Waals surface area (Å²) in [6.45, 7) is 4.10. The molecular formula is C16H17N5. The van der Waals surface area contributed by atoms with Gasteiger partial charge in [-0.25, -0.2) is 9.97 Å². The molecule has 106 valence electrons. The molecule has 0 N–H and O–H groups in total. The summed E-state index contributed by atoms with van der Waals surface area (Å²) in [5.74, 6) is 1.72. The summed E-state index contributed by atoms with van der Waals surface area (Å²) in [5.41, 5.74) is 1.03. The van der Waals surface area contributed by atoms with Crippen molar-refractivity contribution in [2.45, 2.75) is 0 Å². The van der Waals surface area contributed by atoms with Crippen molar-refractivity contribution in [3.8, 4) is 17.5 Å². The molecule has 1 saturated heterocycles. The number of rotatable bonds is 3. The fourth-order valence-electron chi connectivity index (χ4n) is 2.49. The second kappa shape index (κ2) is 6.33. The van der Waals surface area contributed by atoms with E-state index in [9.17, 15) is 0 Å². The highest BCUT2D eigenvalue weighted by atomic mass is 15.3. The van der Waals surface area contributed by atoms with Gasteiger partial charge in [0.1, 0.15) is 5.82 Å². The minimum atomic E-state index is 0.507. The lowest BCUT2D eigenvalue weighted by molar-refractivity contribution is 0.286. The molecule has 5 nitrogen and oxygen atoms in total. The first-order valence-electron chi connectivity index (χ1n) is 7.09. The number of benzene rings is 1. The number of anilines is 1. The minimum Gasteiger partial charge on any atom is -0.354 e. The first kappa shape index (κ1) is 13.5. The SMILES string of the molecule is N#CCN1CCN(c2ccnc(-c3ccccc3)n2)CC1. The van der Waals surface area contributed by atoms with E-state index in [0.717, 1.165) is 43.4 Å². The fraction of sp³-hybridized carbons (Fsp3) is 0.312. The first-order chi connectivity index (χ1) is 10.4. The summed E-state index contributed by atoms with van der Waals surface area (Å²) in [5, 5.41) is 8.74. The Labute approximate surface area is 124 Å². The van der Waals surface area contributed by atoms with Crippen LogP contribution >= 0.6 is 0 Å². The average Bonchev–Trinajstić information content (AvgIpc) is 2.57. The zero-order valence-corrected chi connectivity index (χ0v) is 11.8. The third-order valence-corrected chi connectivity index (χ3v) is 3.66. The van der Waals surface area contributed by atoms with Gasteiger partial charge in [-0.1, -0.05) is 30.3 Å². The lowest BCUT2D eigenvalue weighted by Crippen LogP contribution is -2.46. The van der Waals surface area contributed by atoms with E-state index >= 15 is 0 Å². The average molecular weight is 279 g/mol. The highest BCUT2D eigenvalue weighted by Crippen LogP contribution is 2.18. The van der Waals surface area contributed by atoms with Crippen molar-refractivity contribution in [2.75, 3.05) is 37.6 Å². The van der Waals surface area contributed by atoms with E-state index < -0.39 is 0 Å². The zero-order valence-electron chi connectivity index (χ0n) is 11.8. The van der Waals surface area contributed by atoms with Gasteiger partial charge in [0.2, 0.25) is 0 Å². The van der Waals surface area contributed by atoms with Crippen LogP contribution in [-0.4, -0.2) is 47.6 Å². The molecule has 0 radical (unpaired) electrons. The minimum absolute atomic E-state index is 0.507. The van der Waals surface area contributed by atoms with Gasteiger partial charge >= 0.3 is 0 Å². The molecule has 3 rings (SSSR count). The van der Waals surface area contributed by atoms with Crippen LogP contribution in [0.15, 0.2) is 42.6 Å². The van der Waals surface area contributed by atoms with E-state index in [1.54, 1.807) is 0 Å². The molecule has 5 heteroatoms. The summed E-state index contributed by atoms with van der Waals surface area (Å²) in [6.07, 6.45) is 1.81. The molecule has 1 aliphatic rings. The van der Waals surface area contributed by atoms with Gasteiger partial charge in [-0.05, 0) is 6.07 Å². The smallest absolute Gasteiger partial charge is 0.161 e. The van der Waals surface area contributed by atoms with Crippen molar-refractivity contribution >= 4 is 5.82 Å². The Morgan fingerprint density at radius 1 is 1.05 bits per heavy atom. The Morgan fingerprint density at radius 3 is 2.52 bits per heavy atom. The molecule has 0 aliphatic carbocycles. The molecule has 0 unspecified atom stereocenters. The maximum atomic E-state index is 8.74. The van der Waals surface area contributed by atoms with Crippen molar-refractivity contribution in [1.82, 2.24) is 14.9 Å². The second-order valence-electron chi connectivity index (χ2n) is 5.03. The highest BCUT2D eigenvalue weighted by molar-refractivity contribution is 5.57. The lowest BCUT2D eigenvalue weighted by Gasteiger charge is -2.34. The van der Waals surface area contributed by atoms with E-state index in [2.05, 4.69) is 25.8 Å². The van der Waals surface area contributed by atoms with Crippen LogP contribution in [0, 0.1) is 11.3 Å². The normalized spacial score (nSPS) is 15.7. The predicted octanol–water partition coefficient (Wildman–Crippen LogP) is 1.79. The molecule has 0 bridgehead atoms. The molecule has 0 amide bonds. The third kappa shape index (κ3) is 3.18. The molecule has 0 spiro atoms. The van der Waals surface area contributed by atoms with E-state index in [0.29, 0.717) is 6.54 Å². The van der Waals surface area contributed by atoms with Gasteiger partial charge in [0.05, 0.1) is 12.6 Å². The summed E-state index contributed by atoms with van der Waals surface area (Å²) in [6, 6.07) is 14.2. The number of hydrogen-bond donors (Lipinski definition) is 0. The van der Waals surface area contributed by atoms with Crippen LogP contribution < -0.4 is 4.90 Å². The van der Waals surface area contributed by atoms with Crippen LogP contribution in [0.2, 0.25) is 0 Å². The molecule has 2 aromatic rings. The van der Waals surface area contributed by atoms with Gasteiger partial charge < -0.3 is 4.90 Å². The molecule has 1 aromatic heterocycles. The van der Waals surface area contributed by atoms with Gasteiger partial charge in [0, 0.05) is 37.9 Å². The fourth-order valence-corrected chi connectivity index (χ4v) is 2.49. The Hall–Kier alpha value is -2.45. The summed E-state index contributed by atoms with van der Waals surface area (Å²) in [7, 11) is 0. The van der Waals surface area contributed by atoms with Crippen molar-refractivity contribution in [1.29, 1.82) is 5.26 Å².